The lowest BCUT2D eigenvalue weighted by atomic mass is 10.3. The Morgan fingerprint density at radius 1 is 1.44 bits per heavy atom. The van der Waals surface area contributed by atoms with E-state index in [1.807, 2.05) is 24.0 Å². The third-order valence-corrected chi connectivity index (χ3v) is 2.41. The predicted molar refractivity (Wildman–Crippen MR) is 69.7 cm³/mol. The highest BCUT2D eigenvalue weighted by molar-refractivity contribution is 5.52. The Morgan fingerprint density at radius 2 is 2.28 bits per heavy atom. The molecule has 0 amide bonds. The van der Waals surface area contributed by atoms with Gasteiger partial charge in [0.1, 0.15) is 0 Å². The summed E-state index contributed by atoms with van der Waals surface area (Å²) in [6, 6.07) is 5.87. The average Bonchev–Trinajstić information content (AvgIpc) is 2.40. The fraction of sp³-hybridized carbons (Fsp3) is 0.538. The van der Waals surface area contributed by atoms with Crippen molar-refractivity contribution in [1.82, 2.24) is 4.98 Å². The third kappa shape index (κ3) is 4.22. The lowest BCUT2D eigenvalue weighted by Gasteiger charge is -2.24. The van der Waals surface area contributed by atoms with Crippen molar-refractivity contribution in [3.63, 3.8) is 0 Å². The molecule has 0 saturated carbocycles. The zero-order valence-corrected chi connectivity index (χ0v) is 10.9. The van der Waals surface area contributed by atoms with Crippen LogP contribution >= 0.6 is 0 Å². The molecule has 0 spiro atoms. The summed E-state index contributed by atoms with van der Waals surface area (Å²) in [6.45, 7) is 4.43. The Hall–Kier alpha value is -1.80. The standard InChI is InChI=1S/C13H19N3O2/c1-3-18-12-6-4-8-15-13(12)16(9-5-7-14)10-11-17-2/h4,6,8H,3,5,9-11H2,1-2H3. The summed E-state index contributed by atoms with van der Waals surface area (Å²) in [5.41, 5.74) is 0. The van der Waals surface area contributed by atoms with Crippen LogP contribution in [0.2, 0.25) is 0 Å². The monoisotopic (exact) mass is 249 g/mol. The van der Waals surface area contributed by atoms with Gasteiger partial charge in [-0.05, 0) is 19.1 Å². The van der Waals surface area contributed by atoms with E-state index >= 15 is 0 Å². The van der Waals surface area contributed by atoms with E-state index in [2.05, 4.69) is 11.1 Å². The highest BCUT2D eigenvalue weighted by Crippen LogP contribution is 2.25. The highest BCUT2D eigenvalue weighted by Gasteiger charge is 2.12. The van der Waals surface area contributed by atoms with Crippen LogP contribution in [0.5, 0.6) is 5.75 Å². The molecule has 1 rings (SSSR count). The molecular weight excluding hydrogens is 230 g/mol. The topological polar surface area (TPSA) is 58.4 Å². The van der Waals surface area contributed by atoms with Crippen LogP contribution in [0.3, 0.4) is 0 Å². The van der Waals surface area contributed by atoms with E-state index in [4.69, 9.17) is 14.7 Å². The molecule has 0 aliphatic carbocycles. The molecule has 0 unspecified atom stereocenters. The number of pyridine rings is 1. The number of nitriles is 1. The molecule has 1 aromatic rings. The first-order valence-electron chi connectivity index (χ1n) is 6.02. The summed E-state index contributed by atoms with van der Waals surface area (Å²) in [6.07, 6.45) is 2.18. The normalized spacial score (nSPS) is 9.83. The van der Waals surface area contributed by atoms with Crippen LogP contribution in [0.25, 0.3) is 0 Å². The van der Waals surface area contributed by atoms with Gasteiger partial charge in [-0.3, -0.25) is 0 Å². The number of methoxy groups -OCH3 is 1. The Bertz CT molecular complexity index is 390. The van der Waals surface area contributed by atoms with Gasteiger partial charge in [-0.15, -0.1) is 0 Å². The molecule has 0 aliphatic rings. The molecule has 18 heavy (non-hydrogen) atoms. The maximum absolute atomic E-state index is 8.70. The van der Waals surface area contributed by atoms with Gasteiger partial charge in [-0.1, -0.05) is 0 Å². The van der Waals surface area contributed by atoms with Crippen LogP contribution < -0.4 is 9.64 Å². The zero-order chi connectivity index (χ0) is 13.2. The van der Waals surface area contributed by atoms with Crippen molar-refractivity contribution >= 4 is 5.82 Å². The van der Waals surface area contributed by atoms with Crippen molar-refractivity contribution in [1.29, 1.82) is 5.26 Å². The van der Waals surface area contributed by atoms with Crippen molar-refractivity contribution in [2.24, 2.45) is 0 Å². The molecule has 0 aliphatic heterocycles. The molecule has 0 radical (unpaired) electrons. The number of ether oxygens (including phenoxy) is 2. The highest BCUT2D eigenvalue weighted by atomic mass is 16.5. The van der Waals surface area contributed by atoms with E-state index in [1.54, 1.807) is 13.3 Å². The van der Waals surface area contributed by atoms with Gasteiger partial charge in [0.05, 0.1) is 25.7 Å². The Balaban J connectivity index is 2.85. The van der Waals surface area contributed by atoms with E-state index in [-0.39, 0.29) is 0 Å². The first kappa shape index (κ1) is 14.3. The Morgan fingerprint density at radius 3 is 2.94 bits per heavy atom. The van der Waals surface area contributed by atoms with Crippen molar-refractivity contribution in [3.8, 4) is 11.8 Å². The minimum absolute atomic E-state index is 0.450. The summed E-state index contributed by atoms with van der Waals surface area (Å²) in [7, 11) is 1.66. The van der Waals surface area contributed by atoms with Crippen LogP contribution in [0.1, 0.15) is 13.3 Å². The van der Waals surface area contributed by atoms with Gasteiger partial charge in [-0.2, -0.15) is 5.26 Å². The first-order valence-corrected chi connectivity index (χ1v) is 6.02. The molecular formula is C13H19N3O2. The summed E-state index contributed by atoms with van der Waals surface area (Å²) < 4.78 is 10.6. The van der Waals surface area contributed by atoms with Gasteiger partial charge in [0.2, 0.25) is 0 Å². The van der Waals surface area contributed by atoms with E-state index in [1.165, 1.54) is 0 Å². The van der Waals surface area contributed by atoms with Crippen molar-refractivity contribution in [2.75, 3.05) is 38.3 Å². The number of hydrogen-bond acceptors (Lipinski definition) is 5. The molecule has 0 N–H and O–H groups in total. The molecule has 5 heteroatoms. The molecule has 0 bridgehead atoms. The average molecular weight is 249 g/mol. The van der Waals surface area contributed by atoms with Crippen LogP contribution in [0.4, 0.5) is 5.82 Å². The van der Waals surface area contributed by atoms with Crippen LogP contribution in [-0.2, 0) is 4.74 Å². The zero-order valence-electron chi connectivity index (χ0n) is 10.9. The molecule has 0 saturated heterocycles. The van der Waals surface area contributed by atoms with E-state index < -0.39 is 0 Å². The van der Waals surface area contributed by atoms with Gasteiger partial charge in [0.25, 0.3) is 0 Å². The third-order valence-electron chi connectivity index (χ3n) is 2.41. The second-order valence-electron chi connectivity index (χ2n) is 3.65. The second kappa shape index (κ2) is 8.31. The molecule has 1 aromatic heterocycles. The molecule has 0 aromatic carbocycles. The second-order valence-corrected chi connectivity index (χ2v) is 3.65. The number of anilines is 1. The Labute approximate surface area is 108 Å². The predicted octanol–water partition coefficient (Wildman–Crippen LogP) is 1.85. The maximum Gasteiger partial charge on any atom is 0.171 e. The summed E-state index contributed by atoms with van der Waals surface area (Å²) in [4.78, 5) is 6.35. The Kier molecular flexibility index (Phi) is 6.59. The summed E-state index contributed by atoms with van der Waals surface area (Å²) in [5.74, 6) is 1.51. The van der Waals surface area contributed by atoms with Crippen molar-refractivity contribution < 1.29 is 9.47 Å². The smallest absolute Gasteiger partial charge is 0.171 e. The van der Waals surface area contributed by atoms with Crippen LogP contribution in [-0.4, -0.2) is 38.4 Å². The SMILES string of the molecule is CCOc1cccnc1N(CCC#N)CCOC. The van der Waals surface area contributed by atoms with Crippen LogP contribution in [0.15, 0.2) is 18.3 Å². The number of hydrogen-bond donors (Lipinski definition) is 0. The van der Waals surface area contributed by atoms with Gasteiger partial charge in [0.15, 0.2) is 11.6 Å². The number of nitrogens with zero attached hydrogens (tertiary/aromatic N) is 3. The van der Waals surface area contributed by atoms with Gasteiger partial charge in [-0.25, -0.2) is 4.98 Å². The minimum Gasteiger partial charge on any atom is -0.490 e. The minimum atomic E-state index is 0.450. The molecule has 0 atom stereocenters. The van der Waals surface area contributed by atoms with Gasteiger partial charge >= 0.3 is 0 Å². The lowest BCUT2D eigenvalue weighted by molar-refractivity contribution is 0.205. The summed E-state index contributed by atoms with van der Waals surface area (Å²) in [5, 5.41) is 8.70. The van der Waals surface area contributed by atoms with Crippen molar-refractivity contribution in [2.45, 2.75) is 13.3 Å². The molecule has 0 fully saturated rings. The fourth-order valence-corrected chi connectivity index (χ4v) is 1.60. The first-order chi connectivity index (χ1) is 8.83. The quantitative estimate of drug-likeness (QED) is 0.703. The van der Waals surface area contributed by atoms with Crippen LogP contribution in [0, 0.1) is 11.3 Å². The van der Waals surface area contributed by atoms with Crippen molar-refractivity contribution in [3.05, 3.63) is 18.3 Å². The van der Waals surface area contributed by atoms with Gasteiger partial charge in [0, 0.05) is 26.4 Å². The number of aromatic nitrogens is 1. The number of rotatable bonds is 8. The summed E-state index contributed by atoms with van der Waals surface area (Å²) >= 11 is 0. The van der Waals surface area contributed by atoms with E-state index in [0.717, 1.165) is 11.6 Å². The molecule has 5 nitrogen and oxygen atoms in total. The van der Waals surface area contributed by atoms with Gasteiger partial charge < -0.3 is 14.4 Å². The van der Waals surface area contributed by atoms with E-state index in [9.17, 15) is 0 Å². The molecule has 98 valence electrons. The fourth-order valence-electron chi connectivity index (χ4n) is 1.60. The lowest BCUT2D eigenvalue weighted by Crippen LogP contribution is -2.29. The van der Waals surface area contributed by atoms with E-state index in [0.29, 0.717) is 32.7 Å². The molecule has 1 heterocycles. The maximum atomic E-state index is 8.70. The largest absolute Gasteiger partial charge is 0.490 e.